The van der Waals surface area contributed by atoms with Crippen molar-refractivity contribution >= 4 is 35.1 Å². The maximum Gasteiger partial charge on any atom is 0.234 e. The molecule has 1 aromatic heterocycles. The predicted molar refractivity (Wildman–Crippen MR) is 122 cm³/mol. The molecular formula is C22H24N4OS2. The highest BCUT2D eigenvalue weighted by Crippen LogP contribution is 2.22. The van der Waals surface area contributed by atoms with Crippen molar-refractivity contribution in [1.82, 2.24) is 14.9 Å². The number of aromatic nitrogens is 2. The van der Waals surface area contributed by atoms with Crippen molar-refractivity contribution in [1.29, 1.82) is 0 Å². The van der Waals surface area contributed by atoms with Crippen LogP contribution in [-0.4, -0.2) is 51.1 Å². The minimum absolute atomic E-state index is 0.0285. The van der Waals surface area contributed by atoms with Gasteiger partial charge >= 0.3 is 0 Å². The van der Waals surface area contributed by atoms with Crippen molar-refractivity contribution in [2.24, 2.45) is 0 Å². The molecule has 0 saturated carbocycles. The summed E-state index contributed by atoms with van der Waals surface area (Å²) in [5.41, 5.74) is 4.13. The van der Waals surface area contributed by atoms with E-state index in [0.717, 1.165) is 41.7 Å². The Morgan fingerprint density at radius 1 is 1.14 bits per heavy atom. The number of anilines is 1. The van der Waals surface area contributed by atoms with E-state index in [1.807, 2.05) is 54.2 Å². The third kappa shape index (κ3) is 5.88. The topological polar surface area (TPSA) is 61.0 Å². The molecule has 0 unspecified atom stereocenters. The molecule has 1 aliphatic heterocycles. The molecular weight excluding hydrogens is 400 g/mol. The van der Waals surface area contributed by atoms with Gasteiger partial charge in [0.15, 0.2) is 5.16 Å². The van der Waals surface area contributed by atoms with E-state index >= 15 is 0 Å². The molecule has 0 radical (unpaired) electrons. The lowest BCUT2D eigenvalue weighted by Gasteiger charge is -2.26. The van der Waals surface area contributed by atoms with E-state index in [9.17, 15) is 4.79 Å². The molecule has 29 heavy (non-hydrogen) atoms. The molecule has 1 amide bonds. The molecule has 0 bridgehead atoms. The van der Waals surface area contributed by atoms with Gasteiger partial charge in [0.05, 0.1) is 17.6 Å². The van der Waals surface area contributed by atoms with E-state index in [1.54, 1.807) is 6.20 Å². The van der Waals surface area contributed by atoms with E-state index in [4.69, 9.17) is 0 Å². The van der Waals surface area contributed by atoms with Crippen LogP contribution in [0.2, 0.25) is 0 Å². The fourth-order valence-corrected chi connectivity index (χ4v) is 4.86. The first-order chi connectivity index (χ1) is 14.3. The van der Waals surface area contributed by atoms with Crippen LogP contribution in [0, 0.1) is 0 Å². The standard InChI is InChI=1S/C22H24N4OS2/c27-21(16-29-22-23-14-20(25-22)18-6-2-1-3-7-18)24-19-8-4-5-17(13-19)15-26-9-11-28-12-10-26/h1-8,13-14H,9-12,15-16H2,(H,23,25)(H,24,27). The number of nitrogens with one attached hydrogen (secondary N) is 2. The second-order valence-electron chi connectivity index (χ2n) is 6.89. The van der Waals surface area contributed by atoms with Crippen molar-refractivity contribution in [3.63, 3.8) is 0 Å². The highest BCUT2D eigenvalue weighted by molar-refractivity contribution is 7.99. The quantitative estimate of drug-likeness (QED) is 0.552. The van der Waals surface area contributed by atoms with E-state index in [-0.39, 0.29) is 5.91 Å². The monoisotopic (exact) mass is 424 g/mol. The van der Waals surface area contributed by atoms with E-state index in [0.29, 0.717) is 5.75 Å². The highest BCUT2D eigenvalue weighted by Gasteiger charge is 2.12. The summed E-state index contributed by atoms with van der Waals surface area (Å²) in [6.07, 6.45) is 1.80. The fourth-order valence-electron chi connectivity index (χ4n) is 3.24. The molecule has 0 atom stereocenters. The Morgan fingerprint density at radius 3 is 2.79 bits per heavy atom. The Kier molecular flexibility index (Phi) is 6.92. The van der Waals surface area contributed by atoms with Crippen LogP contribution in [0.25, 0.3) is 11.3 Å². The lowest BCUT2D eigenvalue weighted by Crippen LogP contribution is -2.31. The number of amides is 1. The Balaban J connectivity index is 1.28. The zero-order valence-corrected chi connectivity index (χ0v) is 17.8. The maximum atomic E-state index is 12.4. The molecule has 1 saturated heterocycles. The highest BCUT2D eigenvalue weighted by atomic mass is 32.2. The van der Waals surface area contributed by atoms with Gasteiger partial charge in [-0.1, -0.05) is 54.2 Å². The zero-order valence-electron chi connectivity index (χ0n) is 16.1. The van der Waals surface area contributed by atoms with Gasteiger partial charge in [0.1, 0.15) is 0 Å². The second-order valence-corrected chi connectivity index (χ2v) is 9.08. The normalized spacial score (nSPS) is 14.6. The fraction of sp³-hybridized carbons (Fsp3) is 0.273. The summed E-state index contributed by atoms with van der Waals surface area (Å²) in [7, 11) is 0. The Hall–Kier alpha value is -2.22. The van der Waals surface area contributed by atoms with Gasteiger partial charge in [-0.25, -0.2) is 4.98 Å². The van der Waals surface area contributed by atoms with Crippen LogP contribution >= 0.6 is 23.5 Å². The van der Waals surface area contributed by atoms with Gasteiger partial charge in [-0.2, -0.15) is 11.8 Å². The first-order valence-electron chi connectivity index (χ1n) is 9.68. The number of thioether (sulfide) groups is 2. The number of aromatic amines is 1. The Morgan fingerprint density at radius 2 is 1.97 bits per heavy atom. The number of benzene rings is 2. The first kappa shape index (κ1) is 20.1. The van der Waals surface area contributed by atoms with Crippen LogP contribution in [-0.2, 0) is 11.3 Å². The smallest absolute Gasteiger partial charge is 0.234 e. The number of H-pyrrole nitrogens is 1. The number of hydrogen-bond acceptors (Lipinski definition) is 5. The SMILES string of the molecule is O=C(CSc1ncc(-c2ccccc2)[nH]1)Nc1cccc(CN2CCSCC2)c1. The number of imidazole rings is 1. The number of nitrogens with zero attached hydrogens (tertiary/aromatic N) is 2. The molecule has 2 heterocycles. The third-order valence-electron chi connectivity index (χ3n) is 4.70. The lowest BCUT2D eigenvalue weighted by molar-refractivity contribution is -0.113. The maximum absolute atomic E-state index is 12.4. The largest absolute Gasteiger partial charge is 0.333 e. The molecule has 1 aliphatic rings. The van der Waals surface area contributed by atoms with E-state index in [1.165, 1.54) is 28.8 Å². The molecule has 2 N–H and O–H groups in total. The van der Waals surface area contributed by atoms with Gasteiger partial charge in [-0.3, -0.25) is 9.69 Å². The van der Waals surface area contributed by atoms with Crippen LogP contribution in [0.3, 0.4) is 0 Å². The lowest BCUT2D eigenvalue weighted by atomic mass is 10.2. The number of rotatable bonds is 7. The van der Waals surface area contributed by atoms with E-state index < -0.39 is 0 Å². The average molecular weight is 425 g/mol. The summed E-state index contributed by atoms with van der Waals surface area (Å²) in [6, 6.07) is 18.2. The molecule has 150 valence electrons. The van der Waals surface area contributed by atoms with Crippen LogP contribution < -0.4 is 5.32 Å². The minimum atomic E-state index is -0.0285. The third-order valence-corrected chi connectivity index (χ3v) is 6.53. The first-order valence-corrected chi connectivity index (χ1v) is 11.8. The summed E-state index contributed by atoms with van der Waals surface area (Å²) < 4.78 is 0. The van der Waals surface area contributed by atoms with Gasteiger partial charge in [0.25, 0.3) is 0 Å². The molecule has 4 rings (SSSR count). The number of carbonyl (C=O) groups excluding carboxylic acids is 1. The molecule has 7 heteroatoms. The number of hydrogen-bond donors (Lipinski definition) is 2. The minimum Gasteiger partial charge on any atom is -0.333 e. The molecule has 0 aliphatic carbocycles. The summed E-state index contributed by atoms with van der Waals surface area (Å²) in [4.78, 5) is 22.5. The molecule has 2 aromatic carbocycles. The van der Waals surface area contributed by atoms with Crippen molar-refractivity contribution in [2.45, 2.75) is 11.7 Å². The zero-order chi connectivity index (χ0) is 19.9. The Labute approximate surface area is 179 Å². The van der Waals surface area contributed by atoms with Gasteiger partial charge < -0.3 is 10.3 Å². The molecule has 1 fully saturated rings. The summed E-state index contributed by atoms with van der Waals surface area (Å²) in [5.74, 6) is 2.69. The van der Waals surface area contributed by atoms with Crippen molar-refractivity contribution in [2.75, 3.05) is 35.7 Å². The molecule has 3 aromatic rings. The van der Waals surface area contributed by atoms with Gasteiger partial charge in [-0.05, 0) is 23.3 Å². The number of carbonyl (C=O) groups is 1. The summed E-state index contributed by atoms with van der Waals surface area (Å²) >= 11 is 3.42. The Bertz CT molecular complexity index is 939. The van der Waals surface area contributed by atoms with Crippen molar-refractivity contribution in [3.05, 3.63) is 66.4 Å². The molecule has 5 nitrogen and oxygen atoms in total. The van der Waals surface area contributed by atoms with E-state index in [2.05, 4.69) is 32.3 Å². The summed E-state index contributed by atoms with van der Waals surface area (Å²) in [6.45, 7) is 3.20. The van der Waals surface area contributed by atoms with Gasteiger partial charge in [0.2, 0.25) is 5.91 Å². The van der Waals surface area contributed by atoms with Crippen molar-refractivity contribution in [3.8, 4) is 11.3 Å². The summed E-state index contributed by atoms with van der Waals surface area (Å²) in [5, 5.41) is 3.75. The van der Waals surface area contributed by atoms with Gasteiger partial charge in [0, 0.05) is 36.8 Å². The van der Waals surface area contributed by atoms with Crippen molar-refractivity contribution < 1.29 is 4.79 Å². The van der Waals surface area contributed by atoms with Gasteiger partial charge in [-0.15, -0.1) is 0 Å². The second kappa shape index (κ2) is 10.0. The molecule has 0 spiro atoms. The van der Waals surface area contributed by atoms with Crippen LogP contribution in [0.4, 0.5) is 5.69 Å². The predicted octanol–water partition coefficient (Wildman–Crippen LogP) is 4.36. The average Bonchev–Trinajstić information content (AvgIpc) is 3.23. The van der Waals surface area contributed by atoms with Crippen LogP contribution in [0.5, 0.6) is 0 Å². The van der Waals surface area contributed by atoms with Crippen LogP contribution in [0.1, 0.15) is 5.56 Å². The van der Waals surface area contributed by atoms with Crippen LogP contribution in [0.15, 0.2) is 66.0 Å².